The van der Waals surface area contributed by atoms with Gasteiger partial charge in [-0.2, -0.15) is 0 Å². The minimum absolute atomic E-state index is 0.220. The molecule has 0 spiro atoms. The Kier molecular flexibility index (Phi) is 4.22. The molecule has 7 heteroatoms. The Morgan fingerprint density at radius 1 is 1.00 bits per heavy atom. The van der Waals surface area contributed by atoms with Gasteiger partial charge in [0.2, 0.25) is 0 Å². The number of ether oxygens (including phenoxy) is 1. The summed E-state index contributed by atoms with van der Waals surface area (Å²) in [5, 5.41) is 0. The monoisotopic (exact) mass is 305 g/mol. The molecule has 1 aliphatic carbocycles. The first-order valence-corrected chi connectivity index (χ1v) is 6.57. The molecule has 0 aromatic heterocycles. The zero-order valence-electron chi connectivity index (χ0n) is 11.4. The van der Waals surface area contributed by atoms with E-state index >= 15 is 0 Å². The van der Waals surface area contributed by atoms with E-state index in [9.17, 15) is 22.4 Å². The summed E-state index contributed by atoms with van der Waals surface area (Å²) in [6.45, 7) is 0. The van der Waals surface area contributed by atoms with Crippen molar-refractivity contribution in [3.05, 3.63) is 34.4 Å². The van der Waals surface area contributed by atoms with E-state index in [2.05, 4.69) is 4.74 Å². The molecule has 1 saturated carbocycles. The van der Waals surface area contributed by atoms with Crippen LogP contribution in [0.5, 0.6) is 0 Å². The number of rotatable bonds is 2. The van der Waals surface area contributed by atoms with Crippen molar-refractivity contribution in [2.45, 2.75) is 37.6 Å². The molecule has 3 nitrogen and oxygen atoms in total. The molecule has 1 aliphatic rings. The van der Waals surface area contributed by atoms with Crippen LogP contribution in [0.3, 0.4) is 0 Å². The van der Waals surface area contributed by atoms with Crippen LogP contribution in [0.25, 0.3) is 0 Å². The van der Waals surface area contributed by atoms with Crippen molar-refractivity contribution in [1.29, 1.82) is 0 Å². The number of esters is 1. The summed E-state index contributed by atoms with van der Waals surface area (Å²) < 4.78 is 60.3. The van der Waals surface area contributed by atoms with Crippen LogP contribution >= 0.6 is 0 Å². The highest BCUT2D eigenvalue weighted by atomic mass is 19.2. The molecule has 1 fully saturated rings. The zero-order valence-corrected chi connectivity index (χ0v) is 11.4. The van der Waals surface area contributed by atoms with Gasteiger partial charge in [-0.15, -0.1) is 0 Å². The van der Waals surface area contributed by atoms with Gasteiger partial charge in [-0.1, -0.05) is 19.3 Å². The predicted octanol–water partition coefficient (Wildman–Crippen LogP) is 3.15. The normalized spacial score (nSPS) is 17.6. The van der Waals surface area contributed by atoms with E-state index in [-0.39, 0.29) is 12.8 Å². The van der Waals surface area contributed by atoms with Crippen molar-refractivity contribution in [3.8, 4) is 0 Å². The molecular weight excluding hydrogens is 290 g/mol. The average molecular weight is 305 g/mol. The standard InChI is InChI=1S/C14H15F4NO2/c1-21-13(20)7-9(15)11(17)8(12(18)10(7)16)14(19)5-3-2-4-6-14/h2-6,19H2,1H3. The van der Waals surface area contributed by atoms with Crippen molar-refractivity contribution in [2.75, 3.05) is 7.11 Å². The van der Waals surface area contributed by atoms with Crippen molar-refractivity contribution < 1.29 is 27.1 Å². The molecule has 0 atom stereocenters. The van der Waals surface area contributed by atoms with Gasteiger partial charge in [-0.3, -0.25) is 0 Å². The zero-order chi connectivity index (χ0) is 15.8. The maximum Gasteiger partial charge on any atom is 0.344 e. The van der Waals surface area contributed by atoms with E-state index in [1.54, 1.807) is 0 Å². The molecule has 0 amide bonds. The summed E-state index contributed by atoms with van der Waals surface area (Å²) in [4.78, 5) is 11.3. The Morgan fingerprint density at radius 2 is 1.48 bits per heavy atom. The van der Waals surface area contributed by atoms with Gasteiger partial charge >= 0.3 is 5.97 Å². The lowest BCUT2D eigenvalue weighted by molar-refractivity contribution is 0.0586. The summed E-state index contributed by atoms with van der Waals surface area (Å²) in [5.74, 6) is -8.28. The van der Waals surface area contributed by atoms with Gasteiger partial charge in [-0.25, -0.2) is 22.4 Å². The van der Waals surface area contributed by atoms with E-state index in [1.807, 2.05) is 0 Å². The summed E-state index contributed by atoms with van der Waals surface area (Å²) in [6, 6.07) is 0. The maximum absolute atomic E-state index is 14.2. The van der Waals surface area contributed by atoms with Crippen LogP contribution in [-0.2, 0) is 10.3 Å². The Hall–Kier alpha value is -1.63. The summed E-state index contributed by atoms with van der Waals surface area (Å²) in [5.41, 5.74) is 2.27. The quantitative estimate of drug-likeness (QED) is 0.519. The van der Waals surface area contributed by atoms with Gasteiger partial charge in [0.25, 0.3) is 0 Å². The Labute approximate surface area is 119 Å². The van der Waals surface area contributed by atoms with Crippen molar-refractivity contribution >= 4 is 5.97 Å². The van der Waals surface area contributed by atoms with E-state index in [1.165, 1.54) is 0 Å². The van der Waals surface area contributed by atoms with E-state index in [0.717, 1.165) is 13.5 Å². The fourth-order valence-corrected chi connectivity index (χ4v) is 2.78. The first-order chi connectivity index (χ1) is 9.83. The molecule has 2 N–H and O–H groups in total. The van der Waals surface area contributed by atoms with Gasteiger partial charge < -0.3 is 10.5 Å². The van der Waals surface area contributed by atoms with Crippen molar-refractivity contribution in [3.63, 3.8) is 0 Å². The second-order valence-corrected chi connectivity index (χ2v) is 5.21. The highest BCUT2D eigenvalue weighted by molar-refractivity contribution is 5.90. The van der Waals surface area contributed by atoms with Gasteiger partial charge in [0.1, 0.15) is 5.56 Å². The van der Waals surface area contributed by atoms with E-state index in [0.29, 0.717) is 12.8 Å². The largest absolute Gasteiger partial charge is 0.465 e. The lowest BCUT2D eigenvalue weighted by Gasteiger charge is -2.34. The number of halogens is 4. The summed E-state index contributed by atoms with van der Waals surface area (Å²) >= 11 is 0. The van der Waals surface area contributed by atoms with Crippen LogP contribution in [0.4, 0.5) is 17.6 Å². The van der Waals surface area contributed by atoms with E-state index in [4.69, 9.17) is 5.73 Å². The Morgan fingerprint density at radius 3 is 1.90 bits per heavy atom. The van der Waals surface area contributed by atoms with Crippen LogP contribution in [0, 0.1) is 23.3 Å². The molecule has 116 valence electrons. The Balaban J connectivity index is 2.67. The molecule has 0 radical (unpaired) electrons. The first-order valence-electron chi connectivity index (χ1n) is 6.57. The third-order valence-electron chi connectivity index (χ3n) is 3.90. The molecular formula is C14H15F4NO2. The molecule has 0 aliphatic heterocycles. The lowest BCUT2D eigenvalue weighted by Crippen LogP contribution is -2.41. The lowest BCUT2D eigenvalue weighted by atomic mass is 9.76. The van der Waals surface area contributed by atoms with Crippen LogP contribution in [0.15, 0.2) is 0 Å². The van der Waals surface area contributed by atoms with Gasteiger partial charge in [-0.05, 0) is 12.8 Å². The van der Waals surface area contributed by atoms with Crippen molar-refractivity contribution in [1.82, 2.24) is 0 Å². The molecule has 1 aromatic carbocycles. The predicted molar refractivity (Wildman–Crippen MR) is 66.6 cm³/mol. The Bertz CT molecular complexity index is 554. The highest BCUT2D eigenvalue weighted by Crippen LogP contribution is 2.39. The maximum atomic E-state index is 14.2. The number of hydrogen-bond donors (Lipinski definition) is 1. The number of benzene rings is 1. The van der Waals surface area contributed by atoms with Crippen LogP contribution in [0.1, 0.15) is 48.0 Å². The highest BCUT2D eigenvalue weighted by Gasteiger charge is 2.40. The smallest absolute Gasteiger partial charge is 0.344 e. The third kappa shape index (κ3) is 2.50. The molecule has 0 saturated heterocycles. The fourth-order valence-electron chi connectivity index (χ4n) is 2.78. The number of carbonyl (C=O) groups excluding carboxylic acids is 1. The molecule has 1 aromatic rings. The molecule has 0 bridgehead atoms. The fraction of sp³-hybridized carbons (Fsp3) is 0.500. The van der Waals surface area contributed by atoms with Crippen molar-refractivity contribution in [2.24, 2.45) is 5.73 Å². The minimum Gasteiger partial charge on any atom is -0.465 e. The topological polar surface area (TPSA) is 52.3 Å². The summed E-state index contributed by atoms with van der Waals surface area (Å²) in [6.07, 6.45) is 2.50. The van der Waals surface area contributed by atoms with E-state index < -0.39 is 45.9 Å². The third-order valence-corrected chi connectivity index (χ3v) is 3.90. The minimum atomic E-state index is -1.77. The van der Waals surface area contributed by atoms with Crippen LogP contribution < -0.4 is 5.73 Å². The molecule has 2 rings (SSSR count). The van der Waals surface area contributed by atoms with Crippen LogP contribution in [0.2, 0.25) is 0 Å². The van der Waals surface area contributed by atoms with Gasteiger partial charge in [0.05, 0.1) is 7.11 Å². The second-order valence-electron chi connectivity index (χ2n) is 5.21. The number of methoxy groups -OCH3 is 1. The molecule has 0 unspecified atom stereocenters. The van der Waals surface area contributed by atoms with Gasteiger partial charge in [0.15, 0.2) is 23.3 Å². The second kappa shape index (κ2) is 5.63. The first kappa shape index (κ1) is 15.8. The SMILES string of the molecule is COC(=O)c1c(F)c(F)c(C2(N)CCCCC2)c(F)c1F. The number of carbonyl (C=O) groups is 1. The van der Waals surface area contributed by atoms with Gasteiger partial charge in [0, 0.05) is 11.1 Å². The van der Waals surface area contributed by atoms with Crippen LogP contribution in [-0.4, -0.2) is 13.1 Å². The average Bonchev–Trinajstić information content (AvgIpc) is 2.46. The number of nitrogens with two attached hydrogens (primary N) is 1. The number of hydrogen-bond acceptors (Lipinski definition) is 3. The molecule has 21 heavy (non-hydrogen) atoms. The molecule has 0 heterocycles. The summed E-state index contributed by atoms with van der Waals surface area (Å²) in [7, 11) is 0.858.